The van der Waals surface area contributed by atoms with Crippen LogP contribution in [0.15, 0.2) is 36.4 Å². The Hall–Kier alpha value is -1.75. The number of aryl methyl sites for hydroxylation is 1. The fourth-order valence-electron chi connectivity index (χ4n) is 3.97. The quantitative estimate of drug-likeness (QED) is 0.577. The van der Waals surface area contributed by atoms with Gasteiger partial charge in [-0.25, -0.2) is 0 Å². The smallest absolute Gasteiger partial charge is 0.163 e. The van der Waals surface area contributed by atoms with Gasteiger partial charge in [0.05, 0.1) is 6.61 Å². The van der Waals surface area contributed by atoms with E-state index in [1.54, 1.807) is 0 Å². The van der Waals surface area contributed by atoms with Crippen molar-refractivity contribution in [1.82, 2.24) is 10.2 Å². The molecule has 1 heterocycles. The number of nitrogens with one attached hydrogen (secondary N) is 1. The number of hydrogen-bond acceptors (Lipinski definition) is 4. The minimum absolute atomic E-state index is 0.490. The first-order valence-electron chi connectivity index (χ1n) is 10.7. The lowest BCUT2D eigenvalue weighted by atomic mass is 10.1. The average molecular weight is 417 g/mol. The van der Waals surface area contributed by atoms with E-state index in [4.69, 9.17) is 21.1 Å². The topological polar surface area (TPSA) is 33.7 Å². The lowest BCUT2D eigenvalue weighted by Gasteiger charge is -2.23. The molecule has 0 radical (unpaired) electrons. The van der Waals surface area contributed by atoms with Gasteiger partial charge in [-0.1, -0.05) is 48.4 Å². The van der Waals surface area contributed by atoms with E-state index in [0.717, 1.165) is 36.5 Å². The molecule has 0 saturated carbocycles. The van der Waals surface area contributed by atoms with Crippen molar-refractivity contribution in [2.24, 2.45) is 0 Å². The zero-order valence-corrected chi connectivity index (χ0v) is 18.6. The largest absolute Gasteiger partial charge is 0.490 e. The van der Waals surface area contributed by atoms with Gasteiger partial charge in [0.15, 0.2) is 11.5 Å². The molecule has 2 aromatic carbocycles. The fraction of sp³-hybridized carbons (Fsp3) is 0.500. The number of benzene rings is 2. The van der Waals surface area contributed by atoms with Crippen LogP contribution in [0, 0.1) is 6.92 Å². The number of likely N-dealkylation sites (N-methyl/N-ethyl adjacent to an activating group) is 1. The number of halogens is 1. The van der Waals surface area contributed by atoms with Crippen LogP contribution >= 0.6 is 11.6 Å². The van der Waals surface area contributed by atoms with Crippen molar-refractivity contribution in [3.63, 3.8) is 0 Å². The van der Waals surface area contributed by atoms with Crippen molar-refractivity contribution in [2.45, 2.75) is 52.8 Å². The van der Waals surface area contributed by atoms with Gasteiger partial charge in [-0.2, -0.15) is 0 Å². The standard InChI is InChI=1S/C24H33ClN2O2/c1-4-27-11-7-10-21(27)16-26-15-20-13-23(28-5-2)24(14-22(20)25)29-17-19-9-6-8-18(3)12-19/h6,8-9,12-14,21,26H,4-5,7,10-11,15-17H2,1-3H3. The Balaban J connectivity index is 1.63. The van der Waals surface area contributed by atoms with Crippen molar-refractivity contribution in [2.75, 3.05) is 26.2 Å². The molecule has 158 valence electrons. The summed E-state index contributed by atoms with van der Waals surface area (Å²) in [7, 11) is 0. The Labute approximate surface area is 180 Å². The Morgan fingerprint density at radius 2 is 1.97 bits per heavy atom. The first-order valence-corrected chi connectivity index (χ1v) is 11.1. The third-order valence-electron chi connectivity index (χ3n) is 5.49. The summed E-state index contributed by atoms with van der Waals surface area (Å²) in [6.45, 7) is 11.4. The number of ether oxygens (including phenoxy) is 2. The first-order chi connectivity index (χ1) is 14.1. The van der Waals surface area contributed by atoms with Crippen LogP contribution in [-0.2, 0) is 13.2 Å². The van der Waals surface area contributed by atoms with Gasteiger partial charge in [-0.05, 0) is 57.0 Å². The second-order valence-electron chi connectivity index (χ2n) is 7.66. The van der Waals surface area contributed by atoms with E-state index in [9.17, 15) is 0 Å². The van der Waals surface area contributed by atoms with Gasteiger partial charge < -0.3 is 14.8 Å². The number of hydrogen-bond donors (Lipinski definition) is 1. The molecule has 1 aliphatic heterocycles. The van der Waals surface area contributed by atoms with Crippen LogP contribution in [0.1, 0.15) is 43.4 Å². The minimum Gasteiger partial charge on any atom is -0.490 e. The second-order valence-corrected chi connectivity index (χ2v) is 8.06. The van der Waals surface area contributed by atoms with E-state index in [1.165, 1.54) is 24.9 Å². The number of rotatable bonds is 10. The molecule has 1 unspecified atom stereocenters. The predicted molar refractivity (Wildman–Crippen MR) is 120 cm³/mol. The van der Waals surface area contributed by atoms with Crippen LogP contribution in [0.3, 0.4) is 0 Å². The summed E-state index contributed by atoms with van der Waals surface area (Å²) in [5.41, 5.74) is 3.39. The van der Waals surface area contributed by atoms with Gasteiger partial charge in [0.1, 0.15) is 6.61 Å². The molecule has 0 amide bonds. The molecule has 1 fully saturated rings. The van der Waals surface area contributed by atoms with E-state index in [1.807, 2.05) is 25.1 Å². The lowest BCUT2D eigenvalue weighted by molar-refractivity contribution is 0.259. The maximum atomic E-state index is 6.57. The molecule has 0 spiro atoms. The molecule has 1 atom stereocenters. The maximum Gasteiger partial charge on any atom is 0.163 e. The van der Waals surface area contributed by atoms with Gasteiger partial charge in [-0.3, -0.25) is 4.90 Å². The molecular weight excluding hydrogens is 384 g/mol. The lowest BCUT2D eigenvalue weighted by Crippen LogP contribution is -2.37. The summed E-state index contributed by atoms with van der Waals surface area (Å²) in [6, 6.07) is 12.8. The molecule has 29 heavy (non-hydrogen) atoms. The summed E-state index contributed by atoms with van der Waals surface area (Å²) in [4.78, 5) is 2.54. The molecule has 0 bridgehead atoms. The van der Waals surface area contributed by atoms with E-state index in [-0.39, 0.29) is 0 Å². The number of nitrogens with zero attached hydrogens (tertiary/aromatic N) is 1. The highest BCUT2D eigenvalue weighted by Crippen LogP contribution is 2.34. The minimum atomic E-state index is 0.490. The van der Waals surface area contributed by atoms with Crippen molar-refractivity contribution < 1.29 is 9.47 Å². The highest BCUT2D eigenvalue weighted by molar-refractivity contribution is 6.31. The van der Waals surface area contributed by atoms with Crippen LogP contribution in [0.25, 0.3) is 0 Å². The molecule has 1 N–H and O–H groups in total. The van der Waals surface area contributed by atoms with E-state index in [0.29, 0.717) is 30.0 Å². The summed E-state index contributed by atoms with van der Waals surface area (Å²) in [6.07, 6.45) is 2.56. The molecule has 1 saturated heterocycles. The van der Waals surface area contributed by atoms with Crippen LogP contribution in [-0.4, -0.2) is 37.2 Å². The highest BCUT2D eigenvalue weighted by Gasteiger charge is 2.22. The molecule has 5 heteroatoms. The van der Waals surface area contributed by atoms with Crippen molar-refractivity contribution in [3.05, 3.63) is 58.1 Å². The van der Waals surface area contributed by atoms with Crippen LogP contribution in [0.2, 0.25) is 5.02 Å². The van der Waals surface area contributed by atoms with Crippen LogP contribution in [0.5, 0.6) is 11.5 Å². The van der Waals surface area contributed by atoms with Gasteiger partial charge in [0.25, 0.3) is 0 Å². The van der Waals surface area contributed by atoms with Gasteiger partial charge >= 0.3 is 0 Å². The van der Waals surface area contributed by atoms with Gasteiger partial charge in [0, 0.05) is 30.2 Å². The summed E-state index contributed by atoms with van der Waals surface area (Å²) in [5.74, 6) is 1.44. The number of likely N-dealkylation sites (tertiary alicyclic amines) is 1. The Bertz CT molecular complexity index is 796. The Morgan fingerprint density at radius 3 is 2.72 bits per heavy atom. The fourth-order valence-corrected chi connectivity index (χ4v) is 4.19. The van der Waals surface area contributed by atoms with E-state index < -0.39 is 0 Å². The Morgan fingerprint density at radius 1 is 1.14 bits per heavy atom. The third kappa shape index (κ3) is 6.11. The molecule has 3 rings (SSSR count). The summed E-state index contributed by atoms with van der Waals surface area (Å²) in [5, 5.41) is 4.29. The molecule has 0 aliphatic carbocycles. The van der Waals surface area contributed by atoms with Crippen molar-refractivity contribution >= 4 is 11.6 Å². The van der Waals surface area contributed by atoms with Crippen molar-refractivity contribution in [3.8, 4) is 11.5 Å². The molecule has 1 aliphatic rings. The summed E-state index contributed by atoms with van der Waals surface area (Å²) < 4.78 is 11.9. The second kappa shape index (κ2) is 10.9. The Kier molecular flexibility index (Phi) is 8.22. The first kappa shape index (κ1) is 21.9. The zero-order chi connectivity index (χ0) is 20.6. The zero-order valence-electron chi connectivity index (χ0n) is 17.8. The van der Waals surface area contributed by atoms with Crippen molar-refractivity contribution in [1.29, 1.82) is 0 Å². The SMILES string of the molecule is CCOc1cc(CNCC2CCCN2CC)c(Cl)cc1OCc1cccc(C)c1. The normalized spacial score (nSPS) is 16.9. The van der Waals surface area contributed by atoms with Crippen LogP contribution < -0.4 is 14.8 Å². The molecule has 0 aromatic heterocycles. The summed E-state index contributed by atoms with van der Waals surface area (Å²) >= 11 is 6.57. The monoisotopic (exact) mass is 416 g/mol. The molecule has 4 nitrogen and oxygen atoms in total. The highest BCUT2D eigenvalue weighted by atomic mass is 35.5. The van der Waals surface area contributed by atoms with E-state index in [2.05, 4.69) is 42.3 Å². The molecule has 2 aromatic rings. The van der Waals surface area contributed by atoms with Gasteiger partial charge in [-0.15, -0.1) is 0 Å². The van der Waals surface area contributed by atoms with E-state index >= 15 is 0 Å². The average Bonchev–Trinajstić information content (AvgIpc) is 3.16. The predicted octanol–water partition coefficient (Wildman–Crippen LogP) is 5.20. The molecular formula is C24H33ClN2O2. The maximum absolute atomic E-state index is 6.57. The van der Waals surface area contributed by atoms with Gasteiger partial charge in [0.2, 0.25) is 0 Å². The third-order valence-corrected chi connectivity index (χ3v) is 5.84. The van der Waals surface area contributed by atoms with Crippen LogP contribution in [0.4, 0.5) is 0 Å².